The lowest BCUT2D eigenvalue weighted by molar-refractivity contribution is -0.128. The molecule has 0 unspecified atom stereocenters. The molecule has 0 radical (unpaired) electrons. The van der Waals surface area contributed by atoms with E-state index in [1.165, 1.54) is 35.1 Å². The van der Waals surface area contributed by atoms with Gasteiger partial charge in [0.25, 0.3) is 5.91 Å². The molecule has 1 aliphatic rings. The molecule has 2 atom stereocenters. The molecule has 0 heterocycles. The fraction of sp³-hybridized carbons (Fsp3) is 0.409. The van der Waals surface area contributed by atoms with Gasteiger partial charge in [-0.25, -0.2) is 0 Å². The number of aryl methyl sites for hydroxylation is 3. The highest BCUT2D eigenvalue weighted by atomic mass is 16.5. The van der Waals surface area contributed by atoms with Gasteiger partial charge in [-0.2, -0.15) is 0 Å². The Morgan fingerprint density at radius 2 is 1.84 bits per heavy atom. The number of carbonyl (C=O) groups is 1. The minimum absolute atomic E-state index is 0.0194. The molecule has 0 aromatic heterocycles. The minimum Gasteiger partial charge on any atom is -0.481 e. The van der Waals surface area contributed by atoms with Crippen molar-refractivity contribution < 1.29 is 9.53 Å². The number of nitrogens with one attached hydrogen (secondary N) is 1. The van der Waals surface area contributed by atoms with Crippen molar-refractivity contribution in [1.29, 1.82) is 0 Å². The first kappa shape index (κ1) is 17.5. The smallest absolute Gasteiger partial charge is 0.261 e. The van der Waals surface area contributed by atoms with E-state index in [1.54, 1.807) is 0 Å². The lowest BCUT2D eigenvalue weighted by Crippen LogP contribution is -2.39. The third kappa shape index (κ3) is 4.22. The number of hydrogen-bond donors (Lipinski definition) is 1. The average Bonchev–Trinajstić information content (AvgIpc) is 3.08. The van der Waals surface area contributed by atoms with Gasteiger partial charge >= 0.3 is 0 Å². The van der Waals surface area contributed by atoms with Crippen molar-refractivity contribution in [2.45, 2.75) is 58.6 Å². The van der Waals surface area contributed by atoms with Gasteiger partial charge in [0.2, 0.25) is 0 Å². The number of hydrogen-bond acceptors (Lipinski definition) is 2. The average molecular weight is 337 g/mol. The second-order valence-electron chi connectivity index (χ2n) is 6.94. The van der Waals surface area contributed by atoms with Crippen LogP contribution in [0.15, 0.2) is 42.5 Å². The van der Waals surface area contributed by atoms with Gasteiger partial charge in [0.1, 0.15) is 5.75 Å². The van der Waals surface area contributed by atoms with Crippen LogP contribution in [0.3, 0.4) is 0 Å². The van der Waals surface area contributed by atoms with Gasteiger partial charge in [-0.05, 0) is 68.4 Å². The van der Waals surface area contributed by atoms with E-state index in [1.807, 2.05) is 45.0 Å². The summed E-state index contributed by atoms with van der Waals surface area (Å²) in [5.74, 6) is 0.675. The van der Waals surface area contributed by atoms with Gasteiger partial charge < -0.3 is 10.1 Å². The number of carbonyl (C=O) groups excluding carboxylic acids is 1. The summed E-state index contributed by atoms with van der Waals surface area (Å²) in [4.78, 5) is 12.6. The predicted molar refractivity (Wildman–Crippen MR) is 101 cm³/mol. The summed E-state index contributed by atoms with van der Waals surface area (Å²) in [6.07, 6.45) is 3.73. The van der Waals surface area contributed by atoms with Crippen LogP contribution >= 0.6 is 0 Å². The molecule has 0 fully saturated rings. The van der Waals surface area contributed by atoms with Gasteiger partial charge in [-0.1, -0.05) is 42.8 Å². The van der Waals surface area contributed by atoms with Crippen LogP contribution in [0.5, 0.6) is 5.75 Å². The van der Waals surface area contributed by atoms with Gasteiger partial charge in [-0.3, -0.25) is 4.79 Å². The largest absolute Gasteiger partial charge is 0.481 e. The third-order valence-electron chi connectivity index (χ3n) is 4.94. The Balaban J connectivity index is 1.63. The summed E-state index contributed by atoms with van der Waals surface area (Å²) < 4.78 is 5.88. The highest BCUT2D eigenvalue weighted by Crippen LogP contribution is 2.25. The fourth-order valence-electron chi connectivity index (χ4n) is 3.35. The molecular formula is C22H27NO2. The van der Waals surface area contributed by atoms with E-state index < -0.39 is 6.10 Å². The summed E-state index contributed by atoms with van der Waals surface area (Å²) in [7, 11) is 0. The van der Waals surface area contributed by atoms with Crippen molar-refractivity contribution >= 4 is 5.91 Å². The van der Waals surface area contributed by atoms with Crippen molar-refractivity contribution in [3.8, 4) is 5.75 Å². The Kier molecular flexibility index (Phi) is 5.42. The van der Waals surface area contributed by atoms with Gasteiger partial charge in [0.05, 0.1) is 6.04 Å². The molecule has 0 bridgehead atoms. The highest BCUT2D eigenvalue weighted by molar-refractivity contribution is 5.81. The van der Waals surface area contributed by atoms with E-state index in [4.69, 9.17) is 4.74 Å². The lowest BCUT2D eigenvalue weighted by Gasteiger charge is -2.21. The van der Waals surface area contributed by atoms with E-state index in [-0.39, 0.29) is 11.9 Å². The Morgan fingerprint density at radius 3 is 2.56 bits per heavy atom. The van der Waals surface area contributed by atoms with Gasteiger partial charge in [0.15, 0.2) is 6.10 Å². The van der Waals surface area contributed by atoms with E-state index in [0.717, 1.165) is 12.2 Å². The quantitative estimate of drug-likeness (QED) is 0.842. The molecule has 1 amide bonds. The van der Waals surface area contributed by atoms with Crippen LogP contribution in [-0.4, -0.2) is 12.0 Å². The Labute approximate surface area is 150 Å². The first-order valence-corrected chi connectivity index (χ1v) is 9.22. The first-order chi connectivity index (χ1) is 12.1. The molecule has 0 aliphatic heterocycles. The number of fused-ring (bicyclic) bond motifs is 1. The van der Waals surface area contributed by atoms with Crippen LogP contribution in [0.1, 0.15) is 55.0 Å². The third-order valence-corrected chi connectivity index (χ3v) is 4.94. The monoisotopic (exact) mass is 337 g/mol. The summed E-state index contributed by atoms with van der Waals surface area (Å²) in [6, 6.07) is 14.4. The predicted octanol–water partition coefficient (Wildman–Crippen LogP) is 4.52. The van der Waals surface area contributed by atoms with Crippen LogP contribution in [0.2, 0.25) is 0 Å². The molecule has 132 valence electrons. The van der Waals surface area contributed by atoms with Crippen LogP contribution in [0, 0.1) is 6.92 Å². The summed E-state index contributed by atoms with van der Waals surface area (Å²) in [5, 5.41) is 3.11. The molecule has 0 saturated carbocycles. The second-order valence-corrected chi connectivity index (χ2v) is 6.94. The minimum atomic E-state index is -0.473. The molecule has 0 spiro atoms. The maximum atomic E-state index is 12.6. The van der Waals surface area contributed by atoms with E-state index in [9.17, 15) is 4.79 Å². The molecule has 2 aromatic rings. The molecule has 3 nitrogen and oxygen atoms in total. The van der Waals surface area contributed by atoms with Crippen LogP contribution in [-0.2, 0) is 17.6 Å². The SMILES string of the molecule is CC[C@@H](Oc1ccc(C)cc1)C(=O)N[C@@H](C)c1ccc2c(c1)CCC2. The summed E-state index contributed by atoms with van der Waals surface area (Å²) >= 11 is 0. The zero-order valence-electron chi connectivity index (χ0n) is 15.3. The van der Waals surface area contributed by atoms with Crippen molar-refractivity contribution in [3.63, 3.8) is 0 Å². The van der Waals surface area contributed by atoms with Crippen LogP contribution in [0.4, 0.5) is 0 Å². The number of ether oxygens (including phenoxy) is 1. The van der Waals surface area contributed by atoms with Crippen molar-refractivity contribution in [2.75, 3.05) is 0 Å². The lowest BCUT2D eigenvalue weighted by atomic mass is 10.0. The van der Waals surface area contributed by atoms with Crippen molar-refractivity contribution in [3.05, 3.63) is 64.7 Å². The molecule has 1 aliphatic carbocycles. The first-order valence-electron chi connectivity index (χ1n) is 9.22. The van der Waals surface area contributed by atoms with E-state index in [0.29, 0.717) is 6.42 Å². The molecule has 0 saturated heterocycles. The second kappa shape index (κ2) is 7.73. The molecule has 25 heavy (non-hydrogen) atoms. The Bertz CT molecular complexity index is 736. The molecule has 3 heteroatoms. The molecule has 2 aromatic carbocycles. The number of rotatable bonds is 6. The Hall–Kier alpha value is -2.29. The van der Waals surface area contributed by atoms with E-state index in [2.05, 4.69) is 23.5 Å². The van der Waals surface area contributed by atoms with E-state index >= 15 is 0 Å². The summed E-state index contributed by atoms with van der Waals surface area (Å²) in [5.41, 5.74) is 5.23. The molecular weight excluding hydrogens is 310 g/mol. The van der Waals surface area contributed by atoms with Crippen molar-refractivity contribution in [1.82, 2.24) is 5.32 Å². The molecule has 1 N–H and O–H groups in total. The maximum absolute atomic E-state index is 12.6. The fourth-order valence-corrected chi connectivity index (χ4v) is 3.35. The zero-order chi connectivity index (χ0) is 17.8. The molecule has 3 rings (SSSR count). The summed E-state index contributed by atoms with van der Waals surface area (Å²) in [6.45, 7) is 6.04. The van der Waals surface area contributed by atoms with Crippen LogP contribution < -0.4 is 10.1 Å². The van der Waals surface area contributed by atoms with Gasteiger partial charge in [0, 0.05) is 0 Å². The number of amides is 1. The van der Waals surface area contributed by atoms with Gasteiger partial charge in [-0.15, -0.1) is 0 Å². The van der Waals surface area contributed by atoms with Crippen molar-refractivity contribution in [2.24, 2.45) is 0 Å². The topological polar surface area (TPSA) is 38.3 Å². The standard InChI is InChI=1S/C22H27NO2/c1-4-21(25-20-12-8-15(2)9-13-20)22(24)23-16(3)18-11-10-17-6-5-7-19(17)14-18/h8-14,16,21H,4-7H2,1-3H3,(H,23,24)/t16-,21+/m0/s1. The Morgan fingerprint density at radius 1 is 1.12 bits per heavy atom. The zero-order valence-corrected chi connectivity index (χ0v) is 15.3. The normalized spacial score (nSPS) is 15.3. The number of benzene rings is 2. The highest BCUT2D eigenvalue weighted by Gasteiger charge is 2.21. The van der Waals surface area contributed by atoms with Crippen LogP contribution in [0.25, 0.3) is 0 Å². The maximum Gasteiger partial charge on any atom is 0.261 e.